The van der Waals surface area contributed by atoms with E-state index >= 15 is 0 Å². The van der Waals surface area contributed by atoms with E-state index in [0.717, 1.165) is 16.7 Å². The third kappa shape index (κ3) is 8.54. The summed E-state index contributed by atoms with van der Waals surface area (Å²) >= 11 is 0. The smallest absolute Gasteiger partial charge is 0.164 e. The van der Waals surface area contributed by atoms with E-state index in [4.69, 9.17) is 15.0 Å². The summed E-state index contributed by atoms with van der Waals surface area (Å²) in [5, 5.41) is 0. The van der Waals surface area contributed by atoms with Gasteiger partial charge in [0.05, 0.1) is 0 Å². The lowest BCUT2D eigenvalue weighted by atomic mass is 9.86. The van der Waals surface area contributed by atoms with E-state index in [1.54, 1.807) is 0 Å². The molecule has 0 atom stereocenters. The minimum absolute atomic E-state index is 0.110. The number of hydrogen-bond acceptors (Lipinski definition) is 3. The van der Waals surface area contributed by atoms with E-state index in [-0.39, 0.29) is 16.2 Å². The second kappa shape index (κ2) is 15.0. The van der Waals surface area contributed by atoms with Crippen molar-refractivity contribution in [1.82, 2.24) is 15.0 Å². The van der Waals surface area contributed by atoms with Crippen molar-refractivity contribution in [3.8, 4) is 67.5 Å². The topological polar surface area (TPSA) is 38.7 Å². The maximum absolute atomic E-state index is 5.16. The summed E-state index contributed by atoms with van der Waals surface area (Å²) in [5.41, 5.74) is 18.0. The number of hydrogen-bond donors (Lipinski definition) is 0. The Bertz CT molecular complexity index is 2250. The SMILES string of the molecule is Cc1cc(-c2nc(-c3ccc(-c4ccc(C(C)(C)C)cc4)c(C)c3)nc(-c3ccc(-c4ccc(C(C)(C)C)cc4)c(C)c3)n2)ccc1-c1ccc(C(C)(C)C)cc1. The largest absolute Gasteiger partial charge is 0.208 e. The molecule has 0 fully saturated rings. The predicted molar refractivity (Wildman–Crippen MR) is 243 cm³/mol. The zero-order valence-corrected chi connectivity index (χ0v) is 36.0. The van der Waals surface area contributed by atoms with Gasteiger partial charge in [-0.2, -0.15) is 0 Å². The fraction of sp³-hybridized carbons (Fsp3) is 0.278. The summed E-state index contributed by atoms with van der Waals surface area (Å²) in [5.74, 6) is 1.98. The van der Waals surface area contributed by atoms with Crippen molar-refractivity contribution in [2.75, 3.05) is 0 Å². The molecule has 0 aliphatic carbocycles. The predicted octanol–water partition coefficient (Wildman–Crippen LogP) is 14.7. The van der Waals surface area contributed by atoms with Crippen LogP contribution in [0.15, 0.2) is 127 Å². The molecule has 3 heteroatoms. The highest BCUT2D eigenvalue weighted by molar-refractivity contribution is 5.77. The first-order valence-corrected chi connectivity index (χ1v) is 20.3. The first-order chi connectivity index (χ1) is 26.8. The molecule has 6 aromatic carbocycles. The molecule has 0 amide bonds. The van der Waals surface area contributed by atoms with Crippen molar-refractivity contribution in [3.05, 3.63) is 161 Å². The van der Waals surface area contributed by atoms with Crippen LogP contribution in [0.1, 0.15) is 95.7 Å². The lowest BCUT2D eigenvalue weighted by molar-refractivity contribution is 0.590. The number of nitrogens with zero attached hydrogens (tertiary/aromatic N) is 3. The van der Waals surface area contributed by atoms with E-state index in [1.807, 2.05) is 0 Å². The Morgan fingerprint density at radius 2 is 0.491 bits per heavy atom. The van der Waals surface area contributed by atoms with E-state index < -0.39 is 0 Å². The highest BCUT2D eigenvalue weighted by Crippen LogP contribution is 2.35. The Morgan fingerprint density at radius 3 is 0.684 bits per heavy atom. The van der Waals surface area contributed by atoms with Gasteiger partial charge in [0.25, 0.3) is 0 Å². The van der Waals surface area contributed by atoms with Crippen LogP contribution in [-0.4, -0.2) is 15.0 Å². The summed E-state index contributed by atoms with van der Waals surface area (Å²) in [7, 11) is 0. The van der Waals surface area contributed by atoms with E-state index in [0.29, 0.717) is 17.5 Å². The van der Waals surface area contributed by atoms with Crippen LogP contribution >= 0.6 is 0 Å². The van der Waals surface area contributed by atoms with Crippen LogP contribution in [-0.2, 0) is 16.2 Å². The van der Waals surface area contributed by atoms with Gasteiger partial charge < -0.3 is 0 Å². The minimum atomic E-state index is 0.110. The molecule has 0 bridgehead atoms. The zero-order valence-electron chi connectivity index (χ0n) is 36.0. The molecular weight excluding hydrogens is 691 g/mol. The van der Waals surface area contributed by atoms with Gasteiger partial charge in [0.2, 0.25) is 0 Å². The van der Waals surface area contributed by atoms with Gasteiger partial charge in [-0.05, 0) is 122 Å². The van der Waals surface area contributed by atoms with Crippen molar-refractivity contribution < 1.29 is 0 Å². The Labute approximate surface area is 341 Å². The summed E-state index contributed by atoms with van der Waals surface area (Å²) in [4.78, 5) is 15.5. The van der Waals surface area contributed by atoms with Crippen molar-refractivity contribution in [1.29, 1.82) is 0 Å². The molecular formula is C54H57N3. The second-order valence-electron chi connectivity index (χ2n) is 18.9. The molecule has 0 unspecified atom stereocenters. The van der Waals surface area contributed by atoms with Gasteiger partial charge >= 0.3 is 0 Å². The van der Waals surface area contributed by atoms with E-state index in [1.165, 1.54) is 66.8 Å². The van der Waals surface area contributed by atoms with Gasteiger partial charge in [-0.25, -0.2) is 15.0 Å². The van der Waals surface area contributed by atoms with Gasteiger partial charge in [-0.3, -0.25) is 0 Å². The standard InChI is InChI=1S/C54H57N3/c1-34-31-40(19-28-46(34)37-13-22-43(23-14-37)52(4,5)6)49-55-50(41-20-29-47(35(2)32-41)38-15-24-44(25-16-38)53(7,8)9)57-51(56-49)42-21-30-48(36(3)33-42)39-17-26-45(27-18-39)54(10,11)12/h13-33H,1-12H3. The van der Waals surface area contributed by atoms with Crippen molar-refractivity contribution in [3.63, 3.8) is 0 Å². The molecule has 0 saturated carbocycles. The van der Waals surface area contributed by atoms with Gasteiger partial charge in [-0.1, -0.05) is 172 Å². The third-order valence-corrected chi connectivity index (χ3v) is 11.3. The van der Waals surface area contributed by atoms with Crippen molar-refractivity contribution >= 4 is 0 Å². The lowest BCUT2D eigenvalue weighted by Crippen LogP contribution is -2.10. The molecule has 1 heterocycles. The van der Waals surface area contributed by atoms with Crippen LogP contribution in [0, 0.1) is 20.8 Å². The fourth-order valence-electron chi connectivity index (χ4n) is 7.59. The van der Waals surface area contributed by atoms with Crippen LogP contribution in [0.3, 0.4) is 0 Å². The Balaban J connectivity index is 1.29. The molecule has 0 radical (unpaired) electrons. The van der Waals surface area contributed by atoms with E-state index in [2.05, 4.69) is 210 Å². The highest BCUT2D eigenvalue weighted by atomic mass is 15.0. The monoisotopic (exact) mass is 747 g/mol. The molecule has 0 N–H and O–H groups in total. The number of rotatable bonds is 6. The average Bonchev–Trinajstić information content (AvgIpc) is 3.17. The van der Waals surface area contributed by atoms with Crippen molar-refractivity contribution in [2.45, 2.75) is 99.3 Å². The van der Waals surface area contributed by atoms with Crippen molar-refractivity contribution in [2.24, 2.45) is 0 Å². The van der Waals surface area contributed by atoms with Gasteiger partial charge in [-0.15, -0.1) is 0 Å². The lowest BCUT2D eigenvalue weighted by Gasteiger charge is -2.19. The van der Waals surface area contributed by atoms with Crippen LogP contribution in [0.25, 0.3) is 67.5 Å². The molecule has 0 saturated heterocycles. The molecule has 0 spiro atoms. The normalized spacial score (nSPS) is 12.2. The highest BCUT2D eigenvalue weighted by Gasteiger charge is 2.19. The molecule has 0 aliphatic heterocycles. The number of benzene rings is 6. The number of aromatic nitrogens is 3. The minimum Gasteiger partial charge on any atom is -0.208 e. The molecule has 7 aromatic rings. The summed E-state index contributed by atoms with van der Waals surface area (Å²) in [6.07, 6.45) is 0. The first-order valence-electron chi connectivity index (χ1n) is 20.3. The fourth-order valence-corrected chi connectivity index (χ4v) is 7.59. The van der Waals surface area contributed by atoms with Gasteiger partial charge in [0.1, 0.15) is 0 Å². The molecule has 57 heavy (non-hydrogen) atoms. The van der Waals surface area contributed by atoms with Gasteiger partial charge in [0.15, 0.2) is 17.5 Å². The Hall–Kier alpha value is -5.67. The average molecular weight is 748 g/mol. The maximum atomic E-state index is 5.16. The van der Waals surface area contributed by atoms with Gasteiger partial charge in [0, 0.05) is 16.7 Å². The maximum Gasteiger partial charge on any atom is 0.164 e. The van der Waals surface area contributed by atoms with Crippen LogP contribution in [0.2, 0.25) is 0 Å². The quantitative estimate of drug-likeness (QED) is 0.170. The molecule has 288 valence electrons. The summed E-state index contributed by atoms with van der Waals surface area (Å²) in [6.45, 7) is 26.8. The summed E-state index contributed by atoms with van der Waals surface area (Å²) in [6, 6.07) is 46.6. The molecule has 3 nitrogen and oxygen atoms in total. The first kappa shape index (κ1) is 39.6. The Kier molecular flexibility index (Phi) is 10.4. The molecule has 7 rings (SSSR count). The second-order valence-corrected chi connectivity index (χ2v) is 18.9. The van der Waals surface area contributed by atoms with Crippen LogP contribution in [0.5, 0.6) is 0 Å². The molecule has 0 aliphatic rings. The number of aryl methyl sites for hydroxylation is 3. The third-order valence-electron chi connectivity index (χ3n) is 11.3. The van der Waals surface area contributed by atoms with Crippen LogP contribution < -0.4 is 0 Å². The van der Waals surface area contributed by atoms with Crippen LogP contribution in [0.4, 0.5) is 0 Å². The summed E-state index contributed by atoms with van der Waals surface area (Å²) < 4.78 is 0. The Morgan fingerprint density at radius 1 is 0.281 bits per heavy atom. The van der Waals surface area contributed by atoms with E-state index in [9.17, 15) is 0 Å². The zero-order chi connectivity index (χ0) is 40.9. The molecule has 1 aromatic heterocycles.